The van der Waals surface area contributed by atoms with Crippen LogP contribution in [0.5, 0.6) is 0 Å². The molecule has 0 amide bonds. The summed E-state index contributed by atoms with van der Waals surface area (Å²) < 4.78 is 0. The highest BCUT2D eigenvalue weighted by Crippen LogP contribution is 2.48. The second-order valence-electron chi connectivity index (χ2n) is 7.64. The number of nitrogens with one attached hydrogen (secondary N) is 2. The van der Waals surface area contributed by atoms with E-state index in [1.807, 2.05) is 19.2 Å². The number of hydrogen-bond acceptors (Lipinski definition) is 3. The van der Waals surface area contributed by atoms with E-state index in [9.17, 15) is 0 Å². The van der Waals surface area contributed by atoms with Crippen LogP contribution in [0.15, 0.2) is 29.3 Å². The van der Waals surface area contributed by atoms with Crippen LogP contribution in [0.1, 0.15) is 24.8 Å². The topological polar surface area (TPSA) is 42.9 Å². The molecule has 144 valence electrons. The van der Waals surface area contributed by atoms with Crippen molar-refractivity contribution in [1.29, 1.82) is 0 Å². The van der Waals surface area contributed by atoms with Gasteiger partial charge in [0, 0.05) is 50.2 Å². The smallest absolute Gasteiger partial charge is 0.191 e. The maximum atomic E-state index is 6.17. The second kappa shape index (κ2) is 9.07. The lowest BCUT2D eigenvalue weighted by molar-refractivity contribution is 0.280. The third kappa shape index (κ3) is 5.35. The molecular formula is C20H32ClN5. The van der Waals surface area contributed by atoms with Crippen molar-refractivity contribution in [2.24, 2.45) is 4.99 Å². The molecule has 1 aromatic rings. The Morgan fingerprint density at radius 1 is 1.19 bits per heavy atom. The molecule has 6 heteroatoms. The van der Waals surface area contributed by atoms with Gasteiger partial charge < -0.3 is 20.4 Å². The Morgan fingerprint density at radius 2 is 2.04 bits per heavy atom. The Labute approximate surface area is 162 Å². The largest absolute Gasteiger partial charge is 0.356 e. The van der Waals surface area contributed by atoms with Crippen LogP contribution in [-0.4, -0.2) is 75.7 Å². The minimum atomic E-state index is 0.220. The number of rotatable bonds is 6. The highest BCUT2D eigenvalue weighted by Gasteiger charge is 2.44. The first-order chi connectivity index (χ1) is 12.6. The van der Waals surface area contributed by atoms with Gasteiger partial charge in [-0.1, -0.05) is 23.7 Å². The molecule has 1 heterocycles. The minimum absolute atomic E-state index is 0.220. The number of likely N-dealkylation sites (N-methyl/N-ethyl adjacent to an activating group) is 1. The molecule has 2 N–H and O–H groups in total. The molecule has 1 saturated carbocycles. The van der Waals surface area contributed by atoms with Crippen LogP contribution in [-0.2, 0) is 5.41 Å². The molecular weight excluding hydrogens is 346 g/mol. The van der Waals surface area contributed by atoms with E-state index in [1.54, 1.807) is 0 Å². The van der Waals surface area contributed by atoms with Gasteiger partial charge in [0.25, 0.3) is 0 Å². The van der Waals surface area contributed by atoms with E-state index in [1.165, 1.54) is 37.9 Å². The summed E-state index contributed by atoms with van der Waals surface area (Å²) >= 11 is 6.17. The Morgan fingerprint density at radius 3 is 2.77 bits per heavy atom. The zero-order chi connectivity index (χ0) is 18.4. The highest BCUT2D eigenvalue weighted by atomic mass is 35.5. The molecule has 0 aromatic heterocycles. The lowest BCUT2D eigenvalue weighted by Gasteiger charge is -2.22. The summed E-state index contributed by atoms with van der Waals surface area (Å²) in [5.41, 5.74) is 1.55. The predicted octanol–water partition coefficient (Wildman–Crippen LogP) is 2.17. The molecule has 1 aliphatic heterocycles. The molecule has 2 fully saturated rings. The molecule has 0 spiro atoms. The molecule has 0 unspecified atom stereocenters. The first-order valence-corrected chi connectivity index (χ1v) is 10.1. The fourth-order valence-electron chi connectivity index (χ4n) is 3.67. The second-order valence-corrected chi connectivity index (χ2v) is 8.08. The lowest BCUT2D eigenvalue weighted by Crippen LogP contribution is -2.44. The summed E-state index contributed by atoms with van der Waals surface area (Å²) in [7, 11) is 4.05. The fraction of sp³-hybridized carbons (Fsp3) is 0.650. The van der Waals surface area contributed by atoms with Crippen LogP contribution in [0, 0.1) is 0 Å². The average Bonchev–Trinajstić information content (AvgIpc) is 3.44. The van der Waals surface area contributed by atoms with Gasteiger partial charge in [0.1, 0.15) is 0 Å². The van der Waals surface area contributed by atoms with Crippen molar-refractivity contribution >= 4 is 17.6 Å². The Balaban J connectivity index is 1.42. The van der Waals surface area contributed by atoms with E-state index < -0.39 is 0 Å². The van der Waals surface area contributed by atoms with Gasteiger partial charge >= 0.3 is 0 Å². The van der Waals surface area contributed by atoms with E-state index >= 15 is 0 Å². The van der Waals surface area contributed by atoms with Gasteiger partial charge in [-0.05, 0) is 57.1 Å². The molecule has 0 bridgehead atoms. The molecule has 0 radical (unpaired) electrons. The lowest BCUT2D eigenvalue weighted by atomic mass is 9.96. The number of halogens is 1. The zero-order valence-corrected chi connectivity index (χ0v) is 16.9. The monoisotopic (exact) mass is 377 g/mol. The Bertz CT molecular complexity index is 614. The van der Waals surface area contributed by atoms with Crippen LogP contribution in [0.2, 0.25) is 5.02 Å². The molecule has 1 aromatic carbocycles. The number of nitrogens with zero attached hydrogens (tertiary/aromatic N) is 3. The summed E-state index contributed by atoms with van der Waals surface area (Å²) in [5, 5.41) is 7.80. The van der Waals surface area contributed by atoms with Gasteiger partial charge in [0.15, 0.2) is 5.96 Å². The van der Waals surface area contributed by atoms with Crippen LogP contribution in [0.25, 0.3) is 0 Å². The van der Waals surface area contributed by atoms with E-state index in [0.29, 0.717) is 0 Å². The predicted molar refractivity (Wildman–Crippen MR) is 110 cm³/mol. The highest BCUT2D eigenvalue weighted by molar-refractivity contribution is 6.30. The third-order valence-corrected chi connectivity index (χ3v) is 5.88. The summed E-state index contributed by atoms with van der Waals surface area (Å²) in [6.45, 7) is 7.61. The first kappa shape index (κ1) is 19.5. The van der Waals surface area contributed by atoms with Crippen molar-refractivity contribution in [1.82, 2.24) is 20.4 Å². The van der Waals surface area contributed by atoms with Crippen molar-refractivity contribution in [3.05, 3.63) is 34.9 Å². The van der Waals surface area contributed by atoms with Crippen molar-refractivity contribution in [3.8, 4) is 0 Å². The van der Waals surface area contributed by atoms with Gasteiger partial charge in [0.2, 0.25) is 0 Å². The van der Waals surface area contributed by atoms with Crippen molar-refractivity contribution < 1.29 is 0 Å². The van der Waals surface area contributed by atoms with Gasteiger partial charge in [-0.15, -0.1) is 0 Å². The number of hydrogen-bond donors (Lipinski definition) is 2. The molecule has 1 aliphatic carbocycles. The summed E-state index contributed by atoms with van der Waals surface area (Å²) in [4.78, 5) is 9.34. The summed E-state index contributed by atoms with van der Waals surface area (Å²) in [6, 6.07) is 8.27. The first-order valence-electron chi connectivity index (χ1n) is 9.73. The van der Waals surface area contributed by atoms with Crippen LogP contribution < -0.4 is 10.6 Å². The average molecular weight is 378 g/mol. The van der Waals surface area contributed by atoms with Crippen molar-refractivity contribution in [2.75, 3.05) is 59.9 Å². The van der Waals surface area contributed by atoms with Crippen LogP contribution in [0.4, 0.5) is 0 Å². The SMILES string of the molecule is CN=C(NCCN1CCCN(C)CC1)NCC1(c2cccc(Cl)c2)CC1. The standard InChI is InChI=1S/C20H32ClN5/c1-22-19(23-9-12-26-11-4-10-25(2)13-14-26)24-16-20(7-8-20)17-5-3-6-18(21)15-17/h3,5-6,15H,4,7-14,16H2,1-2H3,(H2,22,23,24). The van der Waals surface area contributed by atoms with Gasteiger partial charge in [-0.3, -0.25) is 4.99 Å². The molecule has 3 rings (SSSR count). The molecule has 26 heavy (non-hydrogen) atoms. The van der Waals surface area contributed by atoms with E-state index in [4.69, 9.17) is 11.6 Å². The summed E-state index contributed by atoms with van der Waals surface area (Å²) in [5.74, 6) is 0.894. The van der Waals surface area contributed by atoms with Crippen LogP contribution in [0.3, 0.4) is 0 Å². The van der Waals surface area contributed by atoms with Gasteiger partial charge in [-0.25, -0.2) is 0 Å². The quantitative estimate of drug-likeness (QED) is 0.589. The van der Waals surface area contributed by atoms with E-state index in [-0.39, 0.29) is 5.41 Å². The molecule has 1 saturated heterocycles. The summed E-state index contributed by atoms with van der Waals surface area (Å²) in [6.07, 6.45) is 3.67. The van der Waals surface area contributed by atoms with E-state index in [0.717, 1.165) is 43.7 Å². The fourth-order valence-corrected chi connectivity index (χ4v) is 3.86. The number of guanidine groups is 1. The minimum Gasteiger partial charge on any atom is -0.356 e. The number of aliphatic imine (C=N–C) groups is 1. The normalized spacial score (nSPS) is 21.3. The third-order valence-electron chi connectivity index (χ3n) is 5.64. The maximum absolute atomic E-state index is 6.17. The van der Waals surface area contributed by atoms with E-state index in [2.05, 4.69) is 44.6 Å². The maximum Gasteiger partial charge on any atom is 0.191 e. The van der Waals surface area contributed by atoms with Crippen molar-refractivity contribution in [2.45, 2.75) is 24.7 Å². The zero-order valence-electron chi connectivity index (χ0n) is 16.1. The Kier molecular flexibility index (Phi) is 6.79. The Hall–Kier alpha value is -1.30. The van der Waals surface area contributed by atoms with Gasteiger partial charge in [-0.2, -0.15) is 0 Å². The van der Waals surface area contributed by atoms with Crippen LogP contribution >= 0.6 is 11.6 Å². The number of benzene rings is 1. The van der Waals surface area contributed by atoms with Crippen molar-refractivity contribution in [3.63, 3.8) is 0 Å². The molecule has 0 atom stereocenters. The molecule has 5 nitrogen and oxygen atoms in total. The molecule has 2 aliphatic rings. The van der Waals surface area contributed by atoms with Gasteiger partial charge in [0.05, 0.1) is 0 Å².